The molecule has 0 radical (unpaired) electrons. The second kappa shape index (κ2) is 2.50. The Kier molecular flexibility index (Phi) is 1.88. The summed E-state index contributed by atoms with van der Waals surface area (Å²) in [4.78, 5) is 0. The molecule has 0 bridgehead atoms. The van der Waals surface area contributed by atoms with Crippen molar-refractivity contribution in [1.82, 2.24) is 0 Å². The smallest absolute Gasteiger partial charge is 0.0644 e. The predicted octanol–water partition coefficient (Wildman–Crippen LogP) is 0.272. The molecule has 2 atom stereocenters. The summed E-state index contributed by atoms with van der Waals surface area (Å²) in [5.74, 6) is 0.491. The molecule has 0 aliphatic heterocycles. The highest BCUT2D eigenvalue weighted by atomic mass is 16.3. The maximum Gasteiger partial charge on any atom is 0.0644 e. The molecule has 0 saturated carbocycles. The van der Waals surface area contributed by atoms with Gasteiger partial charge in [-0.1, -0.05) is 13.0 Å². The Hall–Kier alpha value is -0.340. The van der Waals surface area contributed by atoms with E-state index in [0.29, 0.717) is 5.92 Å². The number of hydrogen-bond acceptors (Lipinski definition) is 2. The molecule has 1 rings (SSSR count). The van der Waals surface area contributed by atoms with Gasteiger partial charge >= 0.3 is 0 Å². The van der Waals surface area contributed by atoms with E-state index in [4.69, 9.17) is 10.8 Å². The Morgan fingerprint density at radius 3 is 2.78 bits per heavy atom. The molecule has 0 saturated heterocycles. The molecule has 0 aromatic heterocycles. The Morgan fingerprint density at radius 1 is 1.89 bits per heavy atom. The van der Waals surface area contributed by atoms with Gasteiger partial charge in [-0.25, -0.2) is 0 Å². The molecular weight excluding hydrogens is 114 g/mol. The molecule has 3 N–H and O–H groups in total. The quantitative estimate of drug-likeness (QED) is 0.497. The Morgan fingerprint density at radius 2 is 2.56 bits per heavy atom. The molecule has 2 nitrogen and oxygen atoms in total. The summed E-state index contributed by atoms with van der Waals surface area (Å²) in [6.07, 6.45) is 2.96. The fourth-order valence-electron chi connectivity index (χ4n) is 1.28. The van der Waals surface area contributed by atoms with Crippen LogP contribution < -0.4 is 5.73 Å². The first-order valence-corrected chi connectivity index (χ1v) is 3.31. The van der Waals surface area contributed by atoms with Gasteiger partial charge in [-0.05, 0) is 17.9 Å². The lowest BCUT2D eigenvalue weighted by atomic mass is 10.1. The van der Waals surface area contributed by atoms with Crippen LogP contribution in [0.25, 0.3) is 0 Å². The molecule has 52 valence electrons. The van der Waals surface area contributed by atoms with Gasteiger partial charge in [0.05, 0.1) is 6.61 Å². The van der Waals surface area contributed by atoms with Crippen LogP contribution >= 0.6 is 0 Å². The third kappa shape index (κ3) is 1.32. The zero-order valence-electron chi connectivity index (χ0n) is 5.67. The maximum atomic E-state index is 8.73. The van der Waals surface area contributed by atoms with Crippen LogP contribution in [0.3, 0.4) is 0 Å². The van der Waals surface area contributed by atoms with Crippen LogP contribution in [-0.4, -0.2) is 17.8 Å². The van der Waals surface area contributed by atoms with Crippen LogP contribution in [0.5, 0.6) is 0 Å². The highest BCUT2D eigenvalue weighted by Gasteiger charge is 2.18. The van der Waals surface area contributed by atoms with E-state index in [-0.39, 0.29) is 12.6 Å². The summed E-state index contributed by atoms with van der Waals surface area (Å²) in [5.41, 5.74) is 6.70. The molecule has 9 heavy (non-hydrogen) atoms. The molecular formula is C7H13NO. The monoisotopic (exact) mass is 127 g/mol. The normalized spacial score (nSPS) is 34.8. The van der Waals surface area contributed by atoms with Gasteiger partial charge in [0.1, 0.15) is 0 Å². The van der Waals surface area contributed by atoms with E-state index in [1.54, 1.807) is 0 Å². The van der Waals surface area contributed by atoms with Gasteiger partial charge in [-0.3, -0.25) is 0 Å². The van der Waals surface area contributed by atoms with Crippen molar-refractivity contribution in [2.75, 3.05) is 6.61 Å². The van der Waals surface area contributed by atoms with Crippen molar-refractivity contribution in [3.8, 4) is 0 Å². The lowest BCUT2D eigenvalue weighted by molar-refractivity contribution is 0.318. The second-order valence-corrected chi connectivity index (χ2v) is 2.70. The lowest BCUT2D eigenvalue weighted by Crippen LogP contribution is -2.13. The van der Waals surface area contributed by atoms with Crippen molar-refractivity contribution in [3.63, 3.8) is 0 Å². The van der Waals surface area contributed by atoms with E-state index in [1.807, 2.05) is 6.08 Å². The molecule has 1 aliphatic carbocycles. The lowest BCUT2D eigenvalue weighted by Gasteiger charge is -2.03. The van der Waals surface area contributed by atoms with Gasteiger partial charge in [0.15, 0.2) is 0 Å². The van der Waals surface area contributed by atoms with Gasteiger partial charge < -0.3 is 10.8 Å². The first kappa shape index (κ1) is 6.78. The summed E-state index contributed by atoms with van der Waals surface area (Å²) in [6, 6.07) is 0.183. The topological polar surface area (TPSA) is 46.2 Å². The highest BCUT2D eigenvalue weighted by Crippen LogP contribution is 2.23. The summed E-state index contributed by atoms with van der Waals surface area (Å²) in [6.45, 7) is 2.27. The van der Waals surface area contributed by atoms with E-state index in [1.165, 1.54) is 0 Å². The van der Waals surface area contributed by atoms with Crippen LogP contribution in [-0.2, 0) is 0 Å². The number of nitrogens with two attached hydrogens (primary N) is 1. The molecule has 0 unspecified atom stereocenters. The summed E-state index contributed by atoms with van der Waals surface area (Å²) in [5, 5.41) is 8.73. The molecule has 0 heterocycles. The molecule has 1 aliphatic rings. The van der Waals surface area contributed by atoms with Crippen molar-refractivity contribution in [3.05, 3.63) is 11.6 Å². The zero-order valence-corrected chi connectivity index (χ0v) is 5.67. The summed E-state index contributed by atoms with van der Waals surface area (Å²) < 4.78 is 0. The molecule has 0 fully saturated rings. The Balaban J connectivity index is 2.57. The largest absolute Gasteiger partial charge is 0.392 e. The van der Waals surface area contributed by atoms with Crippen LogP contribution in [0.2, 0.25) is 0 Å². The van der Waals surface area contributed by atoms with E-state index in [0.717, 1.165) is 12.0 Å². The number of rotatable bonds is 1. The van der Waals surface area contributed by atoms with E-state index >= 15 is 0 Å². The molecule has 0 aromatic carbocycles. The summed E-state index contributed by atoms with van der Waals surface area (Å²) in [7, 11) is 0. The van der Waals surface area contributed by atoms with Crippen LogP contribution in [0.15, 0.2) is 11.6 Å². The molecule has 0 amide bonds. The number of hydrogen-bond donors (Lipinski definition) is 2. The fourth-order valence-corrected chi connectivity index (χ4v) is 1.28. The predicted molar refractivity (Wildman–Crippen MR) is 36.9 cm³/mol. The van der Waals surface area contributed by atoms with Crippen molar-refractivity contribution < 1.29 is 5.11 Å². The van der Waals surface area contributed by atoms with E-state index in [2.05, 4.69) is 6.92 Å². The van der Waals surface area contributed by atoms with Crippen molar-refractivity contribution >= 4 is 0 Å². The zero-order chi connectivity index (χ0) is 6.85. The number of aliphatic hydroxyl groups is 1. The summed E-state index contributed by atoms with van der Waals surface area (Å²) >= 11 is 0. The van der Waals surface area contributed by atoms with Gasteiger partial charge in [-0.15, -0.1) is 0 Å². The van der Waals surface area contributed by atoms with Crippen molar-refractivity contribution in [2.24, 2.45) is 11.7 Å². The average Bonchev–Trinajstić information content (AvgIpc) is 2.10. The molecule has 0 aromatic rings. The third-order valence-electron chi connectivity index (χ3n) is 1.87. The van der Waals surface area contributed by atoms with Crippen molar-refractivity contribution in [1.29, 1.82) is 0 Å². The van der Waals surface area contributed by atoms with Crippen LogP contribution in [0, 0.1) is 5.92 Å². The van der Waals surface area contributed by atoms with Crippen molar-refractivity contribution in [2.45, 2.75) is 19.4 Å². The van der Waals surface area contributed by atoms with E-state index < -0.39 is 0 Å². The third-order valence-corrected chi connectivity index (χ3v) is 1.87. The first-order chi connectivity index (χ1) is 4.24. The second-order valence-electron chi connectivity index (χ2n) is 2.70. The van der Waals surface area contributed by atoms with Gasteiger partial charge in [-0.2, -0.15) is 0 Å². The average molecular weight is 127 g/mol. The van der Waals surface area contributed by atoms with Gasteiger partial charge in [0.25, 0.3) is 0 Å². The molecule has 0 spiro atoms. The van der Waals surface area contributed by atoms with Gasteiger partial charge in [0, 0.05) is 6.04 Å². The maximum absolute atomic E-state index is 8.73. The minimum absolute atomic E-state index is 0.175. The fraction of sp³-hybridized carbons (Fsp3) is 0.714. The van der Waals surface area contributed by atoms with Crippen LogP contribution in [0.4, 0.5) is 0 Å². The Labute approximate surface area is 55.4 Å². The first-order valence-electron chi connectivity index (χ1n) is 3.31. The number of aliphatic hydroxyl groups excluding tert-OH is 1. The molecule has 2 heteroatoms. The Bertz CT molecular complexity index is 131. The van der Waals surface area contributed by atoms with E-state index in [9.17, 15) is 0 Å². The van der Waals surface area contributed by atoms with Gasteiger partial charge in [0.2, 0.25) is 0 Å². The standard InChI is InChI=1S/C7H13NO/c1-5-2-7(8)3-6(5)4-9/h3,5,7,9H,2,4,8H2,1H3/t5-,7-/m0/s1. The minimum Gasteiger partial charge on any atom is -0.392 e. The minimum atomic E-state index is 0.175. The van der Waals surface area contributed by atoms with Crippen LogP contribution in [0.1, 0.15) is 13.3 Å². The SMILES string of the molecule is C[C@H]1C[C@H](N)C=C1CO. The highest BCUT2D eigenvalue weighted by molar-refractivity contribution is 5.16.